The molecule has 2 rings (SSSR count). The molecule has 0 atom stereocenters. The third-order valence-corrected chi connectivity index (χ3v) is 2.67. The standard InChI is InChI=1S/C11H16N2.C2H4O2/c1-10-5-6-11(12-9-10)13-7-3-2-4-8-13;1-4-2-3/h5-6,9H,2-4,7-8H2,1H3;2H,1H3. The predicted molar refractivity (Wildman–Crippen MR) is 68.1 cm³/mol. The molecule has 4 heteroatoms. The zero-order chi connectivity index (χ0) is 12.5. The molecular formula is C13H20N2O2. The molecule has 0 aromatic carbocycles. The third kappa shape index (κ3) is 4.85. The molecule has 1 fully saturated rings. The van der Waals surface area contributed by atoms with Crippen LogP contribution in [0.4, 0.5) is 5.82 Å². The number of nitrogens with zero attached hydrogens (tertiary/aromatic N) is 2. The smallest absolute Gasteiger partial charge is 0.292 e. The third-order valence-electron chi connectivity index (χ3n) is 2.67. The summed E-state index contributed by atoms with van der Waals surface area (Å²) < 4.78 is 3.86. The van der Waals surface area contributed by atoms with Gasteiger partial charge in [0.1, 0.15) is 5.82 Å². The highest BCUT2D eigenvalue weighted by atomic mass is 16.5. The minimum atomic E-state index is 0.375. The molecule has 1 aromatic heterocycles. The first kappa shape index (κ1) is 13.5. The first-order chi connectivity index (χ1) is 8.27. The van der Waals surface area contributed by atoms with Crippen molar-refractivity contribution in [1.82, 2.24) is 4.98 Å². The molecule has 0 bridgehead atoms. The summed E-state index contributed by atoms with van der Waals surface area (Å²) in [7, 11) is 1.31. The van der Waals surface area contributed by atoms with Gasteiger partial charge in [0.25, 0.3) is 6.47 Å². The number of aromatic nitrogens is 1. The van der Waals surface area contributed by atoms with E-state index in [-0.39, 0.29) is 0 Å². The number of carbonyl (C=O) groups excluding carboxylic acids is 1. The summed E-state index contributed by atoms with van der Waals surface area (Å²) in [6.45, 7) is 4.80. The number of hydrogen-bond donors (Lipinski definition) is 0. The second-order valence-corrected chi connectivity index (χ2v) is 4.07. The van der Waals surface area contributed by atoms with Crippen molar-refractivity contribution in [2.24, 2.45) is 0 Å². The minimum absolute atomic E-state index is 0.375. The van der Waals surface area contributed by atoms with Gasteiger partial charge in [-0.15, -0.1) is 0 Å². The molecule has 1 aliphatic heterocycles. The molecule has 4 nitrogen and oxygen atoms in total. The normalized spacial score (nSPS) is 14.6. The molecule has 1 aromatic rings. The Balaban J connectivity index is 0.000000317. The van der Waals surface area contributed by atoms with Gasteiger partial charge in [0.15, 0.2) is 0 Å². The number of anilines is 1. The average Bonchev–Trinajstić information content (AvgIpc) is 2.41. The average molecular weight is 236 g/mol. The van der Waals surface area contributed by atoms with Gasteiger partial charge in [-0.1, -0.05) is 6.07 Å². The molecule has 1 saturated heterocycles. The number of hydrogen-bond acceptors (Lipinski definition) is 4. The van der Waals surface area contributed by atoms with Crippen LogP contribution in [-0.2, 0) is 9.53 Å². The Hall–Kier alpha value is -1.58. The van der Waals surface area contributed by atoms with Crippen LogP contribution in [0.2, 0.25) is 0 Å². The van der Waals surface area contributed by atoms with Gasteiger partial charge in [0.2, 0.25) is 0 Å². The van der Waals surface area contributed by atoms with Crippen LogP contribution >= 0.6 is 0 Å². The van der Waals surface area contributed by atoms with Crippen molar-refractivity contribution < 1.29 is 9.53 Å². The van der Waals surface area contributed by atoms with E-state index in [2.05, 4.69) is 33.7 Å². The molecular weight excluding hydrogens is 216 g/mol. The molecule has 0 unspecified atom stereocenters. The first-order valence-corrected chi connectivity index (χ1v) is 5.92. The van der Waals surface area contributed by atoms with Crippen LogP contribution in [0.15, 0.2) is 18.3 Å². The van der Waals surface area contributed by atoms with Crippen molar-refractivity contribution in [3.63, 3.8) is 0 Å². The summed E-state index contributed by atoms with van der Waals surface area (Å²) >= 11 is 0. The predicted octanol–water partition coefficient (Wildman–Crippen LogP) is 2.17. The van der Waals surface area contributed by atoms with Crippen LogP contribution in [0.3, 0.4) is 0 Å². The van der Waals surface area contributed by atoms with Gasteiger partial charge >= 0.3 is 0 Å². The summed E-state index contributed by atoms with van der Waals surface area (Å²) in [4.78, 5) is 15.8. The number of piperidine rings is 1. The lowest BCUT2D eigenvalue weighted by Crippen LogP contribution is -2.29. The monoisotopic (exact) mass is 236 g/mol. The molecule has 1 aliphatic rings. The van der Waals surface area contributed by atoms with Crippen molar-refractivity contribution >= 4 is 12.3 Å². The van der Waals surface area contributed by atoms with E-state index in [0.29, 0.717) is 6.47 Å². The second-order valence-electron chi connectivity index (χ2n) is 4.07. The van der Waals surface area contributed by atoms with Gasteiger partial charge in [0, 0.05) is 19.3 Å². The van der Waals surface area contributed by atoms with Gasteiger partial charge < -0.3 is 9.64 Å². The van der Waals surface area contributed by atoms with Crippen LogP contribution in [0, 0.1) is 6.92 Å². The Morgan fingerprint density at radius 1 is 1.29 bits per heavy atom. The van der Waals surface area contributed by atoms with Crippen LogP contribution in [0.25, 0.3) is 0 Å². The number of ether oxygens (including phenoxy) is 1. The Morgan fingerprint density at radius 2 is 1.94 bits per heavy atom. The Kier molecular flexibility index (Phi) is 6.07. The quantitative estimate of drug-likeness (QED) is 0.738. The summed E-state index contributed by atoms with van der Waals surface area (Å²) in [6, 6.07) is 4.26. The minimum Gasteiger partial charge on any atom is -0.471 e. The van der Waals surface area contributed by atoms with E-state index in [9.17, 15) is 0 Å². The van der Waals surface area contributed by atoms with Gasteiger partial charge in [-0.25, -0.2) is 4.98 Å². The Morgan fingerprint density at radius 3 is 2.41 bits per heavy atom. The van der Waals surface area contributed by atoms with Crippen molar-refractivity contribution in [2.45, 2.75) is 26.2 Å². The Labute approximate surface area is 103 Å². The lowest BCUT2D eigenvalue weighted by Gasteiger charge is -2.27. The largest absolute Gasteiger partial charge is 0.471 e. The molecule has 0 saturated carbocycles. The number of aryl methyl sites for hydroxylation is 1. The summed E-state index contributed by atoms with van der Waals surface area (Å²) in [5.74, 6) is 1.14. The number of pyridine rings is 1. The molecule has 0 aliphatic carbocycles. The fourth-order valence-electron chi connectivity index (χ4n) is 1.77. The summed E-state index contributed by atoms with van der Waals surface area (Å²) in [5, 5.41) is 0. The van der Waals surface area contributed by atoms with Gasteiger partial charge in [-0.2, -0.15) is 0 Å². The zero-order valence-corrected chi connectivity index (χ0v) is 10.6. The van der Waals surface area contributed by atoms with Crippen molar-refractivity contribution in [3.8, 4) is 0 Å². The highest BCUT2D eigenvalue weighted by Crippen LogP contribution is 2.16. The van der Waals surface area contributed by atoms with E-state index in [0.717, 1.165) is 5.82 Å². The van der Waals surface area contributed by atoms with Gasteiger partial charge in [-0.05, 0) is 37.8 Å². The van der Waals surface area contributed by atoms with Gasteiger partial charge in [0.05, 0.1) is 7.11 Å². The molecule has 17 heavy (non-hydrogen) atoms. The maximum Gasteiger partial charge on any atom is 0.292 e. The van der Waals surface area contributed by atoms with E-state index in [1.54, 1.807) is 0 Å². The lowest BCUT2D eigenvalue weighted by molar-refractivity contribution is -0.126. The van der Waals surface area contributed by atoms with E-state index in [4.69, 9.17) is 4.79 Å². The molecule has 2 heterocycles. The van der Waals surface area contributed by atoms with E-state index >= 15 is 0 Å². The van der Waals surface area contributed by atoms with Crippen LogP contribution < -0.4 is 4.90 Å². The van der Waals surface area contributed by atoms with Crippen LogP contribution in [0.5, 0.6) is 0 Å². The Bertz CT molecular complexity index is 319. The SMILES string of the molecule is COC=O.Cc1ccc(N2CCCCC2)nc1. The summed E-state index contributed by atoms with van der Waals surface area (Å²) in [5.41, 5.74) is 1.24. The van der Waals surface area contributed by atoms with Crippen molar-refractivity contribution in [2.75, 3.05) is 25.1 Å². The topological polar surface area (TPSA) is 42.4 Å². The summed E-state index contributed by atoms with van der Waals surface area (Å²) in [6.07, 6.45) is 5.96. The molecule has 0 spiro atoms. The number of rotatable bonds is 2. The van der Waals surface area contributed by atoms with Crippen LogP contribution in [-0.4, -0.2) is 31.7 Å². The molecule has 0 amide bonds. The van der Waals surface area contributed by atoms with Crippen molar-refractivity contribution in [3.05, 3.63) is 23.9 Å². The zero-order valence-electron chi connectivity index (χ0n) is 10.6. The fraction of sp³-hybridized carbons (Fsp3) is 0.538. The highest BCUT2D eigenvalue weighted by molar-refractivity contribution is 5.39. The van der Waals surface area contributed by atoms with Gasteiger partial charge in [-0.3, -0.25) is 4.79 Å². The fourth-order valence-corrected chi connectivity index (χ4v) is 1.77. The second kappa shape index (κ2) is 7.65. The lowest BCUT2D eigenvalue weighted by atomic mass is 10.1. The molecule has 94 valence electrons. The van der Waals surface area contributed by atoms with E-state index in [1.807, 2.05) is 6.20 Å². The van der Waals surface area contributed by atoms with Crippen LogP contribution in [0.1, 0.15) is 24.8 Å². The number of carbonyl (C=O) groups is 1. The molecule has 0 radical (unpaired) electrons. The number of methoxy groups -OCH3 is 1. The van der Waals surface area contributed by atoms with Crippen molar-refractivity contribution in [1.29, 1.82) is 0 Å². The highest BCUT2D eigenvalue weighted by Gasteiger charge is 2.10. The maximum absolute atomic E-state index is 8.95. The van der Waals surface area contributed by atoms with E-state index < -0.39 is 0 Å². The maximum atomic E-state index is 8.95. The van der Waals surface area contributed by atoms with E-state index in [1.165, 1.54) is 45.0 Å². The molecule has 0 N–H and O–H groups in total. The first-order valence-electron chi connectivity index (χ1n) is 5.92.